The lowest BCUT2D eigenvalue weighted by Gasteiger charge is -2.29. The van der Waals surface area contributed by atoms with Crippen LogP contribution in [0.1, 0.15) is 22.5 Å². The number of hydrogen-bond donors (Lipinski definition) is 1. The summed E-state index contributed by atoms with van der Waals surface area (Å²) < 4.78 is 2.04. The van der Waals surface area contributed by atoms with Gasteiger partial charge in [-0.15, -0.1) is 0 Å². The van der Waals surface area contributed by atoms with Crippen LogP contribution in [0.4, 0.5) is 11.4 Å². The van der Waals surface area contributed by atoms with E-state index in [1.807, 2.05) is 55.7 Å². The molecule has 11 heteroatoms. The molecule has 0 spiro atoms. The summed E-state index contributed by atoms with van der Waals surface area (Å²) in [5.74, 6) is -1.09. The summed E-state index contributed by atoms with van der Waals surface area (Å²) in [5, 5.41) is 14.0. The fourth-order valence-corrected chi connectivity index (χ4v) is 5.81. The molecule has 5 rings (SSSR count). The summed E-state index contributed by atoms with van der Waals surface area (Å²) in [7, 11) is 0. The van der Waals surface area contributed by atoms with E-state index in [2.05, 4.69) is 5.32 Å². The molecular weight excluding hydrogens is 580 g/mol. The highest BCUT2D eigenvalue weighted by molar-refractivity contribution is 7.99. The number of rotatable bonds is 6. The maximum atomic E-state index is 13.5. The third-order valence-corrected chi connectivity index (χ3v) is 8.37. The molecule has 1 aliphatic rings. The van der Waals surface area contributed by atoms with Gasteiger partial charge in [0.1, 0.15) is 5.57 Å². The second-order valence-electron chi connectivity index (χ2n) is 9.40. The van der Waals surface area contributed by atoms with Crippen LogP contribution in [0.25, 0.3) is 11.8 Å². The van der Waals surface area contributed by atoms with Crippen LogP contribution in [0.15, 0.2) is 88.2 Å². The Labute approximate surface area is 250 Å². The molecule has 2 heterocycles. The number of non-ortho nitro benzene ring substituents is 1. The molecule has 4 aromatic rings. The molecule has 206 valence electrons. The van der Waals surface area contributed by atoms with Gasteiger partial charge >= 0.3 is 0 Å². The molecular formula is C30H23ClN4O4S2. The summed E-state index contributed by atoms with van der Waals surface area (Å²) in [4.78, 5) is 39.9. The van der Waals surface area contributed by atoms with Crippen LogP contribution in [0.2, 0.25) is 5.02 Å². The van der Waals surface area contributed by atoms with Crippen LogP contribution in [-0.2, 0) is 9.59 Å². The monoisotopic (exact) mass is 602 g/mol. The summed E-state index contributed by atoms with van der Waals surface area (Å²) in [6.07, 6.45) is 1.58. The zero-order chi connectivity index (χ0) is 29.4. The number of amides is 2. The molecule has 0 radical (unpaired) electrons. The Morgan fingerprint density at radius 1 is 0.927 bits per heavy atom. The van der Waals surface area contributed by atoms with Crippen molar-refractivity contribution in [3.8, 4) is 5.69 Å². The van der Waals surface area contributed by atoms with Crippen molar-refractivity contribution in [3.63, 3.8) is 0 Å². The summed E-state index contributed by atoms with van der Waals surface area (Å²) in [6, 6.07) is 21.4. The topological polar surface area (TPSA) is 97.5 Å². The third-order valence-electron chi connectivity index (χ3n) is 6.66. The van der Waals surface area contributed by atoms with Crippen molar-refractivity contribution in [1.29, 1.82) is 0 Å². The van der Waals surface area contributed by atoms with Gasteiger partial charge in [0.2, 0.25) is 0 Å². The fourth-order valence-electron chi connectivity index (χ4n) is 4.53. The van der Waals surface area contributed by atoms with Gasteiger partial charge in [-0.1, -0.05) is 29.4 Å². The highest BCUT2D eigenvalue weighted by Crippen LogP contribution is 2.32. The van der Waals surface area contributed by atoms with Crippen LogP contribution in [-0.4, -0.2) is 26.4 Å². The van der Waals surface area contributed by atoms with Crippen molar-refractivity contribution in [2.24, 2.45) is 0 Å². The van der Waals surface area contributed by atoms with Gasteiger partial charge in [0, 0.05) is 44.0 Å². The lowest BCUT2D eigenvalue weighted by molar-refractivity contribution is -0.384. The first-order valence-electron chi connectivity index (χ1n) is 12.4. The lowest BCUT2D eigenvalue weighted by Crippen LogP contribution is -2.54. The Balaban J connectivity index is 1.41. The minimum absolute atomic E-state index is 0.00534. The molecule has 1 aromatic heterocycles. The number of halogens is 1. The number of anilines is 1. The van der Waals surface area contributed by atoms with Gasteiger partial charge in [-0.2, -0.15) is 0 Å². The SMILES string of the molecule is Cc1ccc(N2C(=O)/C(=C/c3cc(C)n(-c4ccc(Sc5ccc([N+](=O)[O-])cc5)cc4)c3C)C(=O)NC2=S)cc1Cl. The number of hydrogen-bond acceptors (Lipinski definition) is 6. The van der Waals surface area contributed by atoms with E-state index in [9.17, 15) is 19.7 Å². The minimum atomic E-state index is -0.563. The van der Waals surface area contributed by atoms with Crippen molar-refractivity contribution < 1.29 is 14.5 Å². The molecule has 2 amide bonds. The normalized spacial score (nSPS) is 14.5. The van der Waals surface area contributed by atoms with E-state index in [1.54, 1.807) is 36.4 Å². The zero-order valence-electron chi connectivity index (χ0n) is 22.2. The van der Waals surface area contributed by atoms with Crippen LogP contribution >= 0.6 is 35.6 Å². The van der Waals surface area contributed by atoms with Crippen molar-refractivity contribution in [1.82, 2.24) is 9.88 Å². The van der Waals surface area contributed by atoms with Crippen molar-refractivity contribution in [3.05, 3.63) is 116 Å². The van der Waals surface area contributed by atoms with Gasteiger partial charge < -0.3 is 4.57 Å². The van der Waals surface area contributed by atoms with Crippen molar-refractivity contribution in [2.75, 3.05) is 4.90 Å². The molecule has 0 saturated carbocycles. The first-order chi connectivity index (χ1) is 19.5. The summed E-state index contributed by atoms with van der Waals surface area (Å²) in [5.41, 5.74) is 4.75. The van der Waals surface area contributed by atoms with E-state index in [0.717, 1.165) is 38.0 Å². The van der Waals surface area contributed by atoms with Crippen molar-refractivity contribution >= 4 is 70.0 Å². The number of aryl methyl sites for hydroxylation is 2. The van der Waals surface area contributed by atoms with Gasteiger partial charge in [-0.25, -0.2) is 0 Å². The quantitative estimate of drug-likeness (QED) is 0.0843. The third kappa shape index (κ3) is 5.67. The second-order valence-corrected chi connectivity index (χ2v) is 11.3. The Kier molecular flexibility index (Phi) is 7.81. The molecule has 3 aromatic carbocycles. The van der Waals surface area contributed by atoms with E-state index in [0.29, 0.717) is 10.7 Å². The Hall–Kier alpha value is -4.25. The molecule has 0 aliphatic carbocycles. The average molecular weight is 603 g/mol. The summed E-state index contributed by atoms with van der Waals surface area (Å²) >= 11 is 13.1. The molecule has 1 aliphatic heterocycles. The van der Waals surface area contributed by atoms with Gasteiger partial charge in [-0.3, -0.25) is 29.9 Å². The average Bonchev–Trinajstić information content (AvgIpc) is 3.21. The number of carbonyl (C=O) groups is 2. The highest BCUT2D eigenvalue weighted by atomic mass is 35.5. The maximum Gasteiger partial charge on any atom is 0.270 e. The number of nitro groups is 1. The Bertz CT molecular complexity index is 1760. The molecule has 41 heavy (non-hydrogen) atoms. The van der Waals surface area contributed by atoms with Gasteiger partial charge in [0.25, 0.3) is 17.5 Å². The second kappa shape index (κ2) is 11.3. The molecule has 1 fully saturated rings. The van der Waals surface area contributed by atoms with Crippen molar-refractivity contribution in [2.45, 2.75) is 30.6 Å². The fraction of sp³-hybridized carbons (Fsp3) is 0.100. The first-order valence-corrected chi connectivity index (χ1v) is 14.0. The molecule has 0 unspecified atom stereocenters. The van der Waals surface area contributed by atoms with Crippen LogP contribution in [0.5, 0.6) is 0 Å². The molecule has 0 bridgehead atoms. The molecule has 8 nitrogen and oxygen atoms in total. The highest BCUT2D eigenvalue weighted by Gasteiger charge is 2.35. The number of nitro benzene ring substituents is 1. The lowest BCUT2D eigenvalue weighted by atomic mass is 10.1. The Morgan fingerprint density at radius 3 is 2.15 bits per heavy atom. The standard InChI is InChI=1S/C30H23ClN4O4S2/c1-17-4-5-23(16-27(17)31)34-29(37)26(28(36)32-30(34)40)15-20-14-18(2)33(19(20)3)21-6-10-24(11-7-21)41-25-12-8-22(9-13-25)35(38)39/h4-16H,1-3H3,(H,32,36,40)/b26-15+. The predicted octanol–water partition coefficient (Wildman–Crippen LogP) is 6.95. The molecule has 1 N–H and O–H groups in total. The number of benzene rings is 3. The van der Waals surface area contributed by atoms with Crippen LogP contribution in [0, 0.1) is 30.9 Å². The number of carbonyl (C=O) groups excluding carboxylic acids is 2. The first kappa shape index (κ1) is 28.3. The number of nitrogens with zero attached hydrogens (tertiary/aromatic N) is 3. The number of thiocarbonyl (C=S) groups is 1. The van der Waals surface area contributed by atoms with Gasteiger partial charge in [0.15, 0.2) is 5.11 Å². The van der Waals surface area contributed by atoms with Crippen LogP contribution < -0.4 is 10.2 Å². The van der Waals surface area contributed by atoms with E-state index < -0.39 is 16.7 Å². The zero-order valence-corrected chi connectivity index (χ0v) is 24.6. The van der Waals surface area contributed by atoms with E-state index >= 15 is 0 Å². The van der Waals surface area contributed by atoms with E-state index in [1.165, 1.54) is 28.8 Å². The Morgan fingerprint density at radius 2 is 1.54 bits per heavy atom. The molecule has 1 saturated heterocycles. The molecule has 0 atom stereocenters. The van der Waals surface area contributed by atoms with Crippen LogP contribution in [0.3, 0.4) is 0 Å². The van der Waals surface area contributed by atoms with Gasteiger partial charge in [0.05, 0.1) is 10.6 Å². The van der Waals surface area contributed by atoms with Gasteiger partial charge in [-0.05, 0) is 105 Å². The van der Waals surface area contributed by atoms with E-state index in [-0.39, 0.29) is 16.4 Å². The summed E-state index contributed by atoms with van der Waals surface area (Å²) in [6.45, 7) is 5.73. The maximum absolute atomic E-state index is 13.5. The minimum Gasteiger partial charge on any atom is -0.318 e. The largest absolute Gasteiger partial charge is 0.318 e. The predicted molar refractivity (Wildman–Crippen MR) is 165 cm³/mol. The smallest absolute Gasteiger partial charge is 0.270 e. The van der Waals surface area contributed by atoms with E-state index in [4.69, 9.17) is 23.8 Å². The number of nitrogens with one attached hydrogen (secondary N) is 1. The number of aromatic nitrogens is 1.